The average molecular weight is 736 g/mol. The Kier molecular flexibility index (Phi) is 15.8. The van der Waals surface area contributed by atoms with Crippen LogP contribution in [-0.4, -0.2) is 66.2 Å². The molecule has 0 unspecified atom stereocenters. The van der Waals surface area contributed by atoms with Gasteiger partial charge in [0.15, 0.2) is 26.5 Å². The fourth-order valence-corrected chi connectivity index (χ4v) is 11.5. The molecule has 2 rings (SSSR count). The van der Waals surface area contributed by atoms with Crippen LogP contribution in [0.4, 0.5) is 0 Å². The number of rotatable bonds is 19. The number of hydrogen-bond acceptors (Lipinski definition) is 6. The first-order valence-corrected chi connectivity index (χ1v) is 25.7. The van der Waals surface area contributed by atoms with Gasteiger partial charge in [0.2, 0.25) is 0 Å². The lowest BCUT2D eigenvalue weighted by Crippen LogP contribution is -2.55. The summed E-state index contributed by atoms with van der Waals surface area (Å²) in [5.41, 5.74) is 0. The topological polar surface area (TPSA) is 102 Å². The molecule has 0 radical (unpaired) electrons. The number of carboxylic acid groups (broad SMARTS) is 1. The zero-order valence-electron chi connectivity index (χ0n) is 32.8. The molecule has 1 aromatic rings. The van der Waals surface area contributed by atoms with Crippen LogP contribution in [0.2, 0.25) is 36.3 Å². The second-order valence-electron chi connectivity index (χ2n) is 17.0. The molecule has 0 heterocycles. The van der Waals surface area contributed by atoms with Crippen LogP contribution in [0.5, 0.6) is 0 Å². The van der Waals surface area contributed by atoms with Gasteiger partial charge in [0.1, 0.15) is 4.75 Å². The van der Waals surface area contributed by atoms with Gasteiger partial charge in [-0.3, -0.25) is 4.79 Å². The maximum absolute atomic E-state index is 15.2. The van der Waals surface area contributed by atoms with E-state index in [2.05, 4.69) is 92.1 Å². The number of unbranched alkanes of at least 4 members (excludes halogenated alkanes) is 3. The molecule has 49 heavy (non-hydrogen) atoms. The first-order chi connectivity index (χ1) is 22.6. The van der Waals surface area contributed by atoms with E-state index in [0.717, 1.165) is 25.7 Å². The molecule has 1 aromatic carbocycles. The monoisotopic (exact) mass is 735 g/mol. The molecule has 5 atom stereocenters. The summed E-state index contributed by atoms with van der Waals surface area (Å²) < 4.78 is 43.4. The van der Waals surface area contributed by atoms with Crippen LogP contribution < -0.4 is 5.32 Å². The second kappa shape index (κ2) is 17.8. The molecule has 0 aliphatic heterocycles. The summed E-state index contributed by atoms with van der Waals surface area (Å²) in [6.45, 7) is 24.7. The summed E-state index contributed by atoms with van der Waals surface area (Å²) in [4.78, 5) is 11.4. The number of sulfone groups is 1. The van der Waals surface area contributed by atoms with Gasteiger partial charge in [-0.25, -0.2) is 8.42 Å². The number of hydrogen-bond donors (Lipinski definition) is 2. The van der Waals surface area contributed by atoms with Gasteiger partial charge >= 0.3 is 5.97 Å². The van der Waals surface area contributed by atoms with E-state index in [9.17, 15) is 4.79 Å². The third kappa shape index (κ3) is 11.0. The summed E-state index contributed by atoms with van der Waals surface area (Å²) >= 11 is 0. The van der Waals surface area contributed by atoms with E-state index in [1.165, 1.54) is 0 Å². The van der Waals surface area contributed by atoms with Gasteiger partial charge in [-0.15, -0.1) is 0 Å². The van der Waals surface area contributed by atoms with Crippen molar-refractivity contribution in [3.8, 4) is 0 Å². The van der Waals surface area contributed by atoms with Crippen LogP contribution in [0, 0.1) is 5.92 Å². The Balaban J connectivity index is 2.84. The Morgan fingerprint density at radius 2 is 1.61 bits per heavy atom. The van der Waals surface area contributed by atoms with Crippen LogP contribution in [0.15, 0.2) is 59.5 Å². The fourth-order valence-electron chi connectivity index (χ4n) is 6.37. The largest absolute Gasteiger partial charge is 0.481 e. The van der Waals surface area contributed by atoms with Gasteiger partial charge < -0.3 is 19.3 Å². The van der Waals surface area contributed by atoms with Gasteiger partial charge in [0, 0.05) is 18.4 Å². The Morgan fingerprint density at radius 1 is 1.00 bits per heavy atom. The highest BCUT2D eigenvalue weighted by Gasteiger charge is 2.62. The van der Waals surface area contributed by atoms with Crippen molar-refractivity contribution in [1.29, 1.82) is 0 Å². The Hall–Kier alpha value is -1.57. The van der Waals surface area contributed by atoms with Crippen LogP contribution in [0.3, 0.4) is 0 Å². The molecule has 1 fully saturated rings. The molecule has 1 aliphatic carbocycles. The van der Waals surface area contributed by atoms with Crippen molar-refractivity contribution < 1.29 is 27.2 Å². The molecule has 7 nitrogen and oxygen atoms in total. The smallest absolute Gasteiger partial charge is 0.303 e. The molecule has 0 bridgehead atoms. The second-order valence-corrected chi connectivity index (χ2v) is 28.8. The number of carboxylic acids is 1. The highest BCUT2D eigenvalue weighted by Crippen LogP contribution is 2.52. The van der Waals surface area contributed by atoms with Crippen LogP contribution >= 0.6 is 0 Å². The highest BCUT2D eigenvalue weighted by atomic mass is 32.2. The maximum Gasteiger partial charge on any atom is 0.303 e. The number of allylic oxidation sites excluding steroid dienone is 2. The van der Waals surface area contributed by atoms with Gasteiger partial charge in [-0.2, -0.15) is 0 Å². The average Bonchev–Trinajstić information content (AvgIpc) is 3.29. The Morgan fingerprint density at radius 3 is 2.14 bits per heavy atom. The van der Waals surface area contributed by atoms with Crippen molar-refractivity contribution in [2.24, 2.45) is 5.92 Å². The lowest BCUT2D eigenvalue weighted by atomic mass is 9.87. The minimum atomic E-state index is -3.92. The van der Waals surface area contributed by atoms with E-state index in [1.807, 2.05) is 25.3 Å². The molecular formula is C39H69NO6SSi2. The first-order valence-electron chi connectivity index (χ1n) is 18.4. The third-order valence-corrected chi connectivity index (χ3v) is 23.0. The van der Waals surface area contributed by atoms with E-state index in [1.54, 1.807) is 24.3 Å². The first kappa shape index (κ1) is 43.6. The van der Waals surface area contributed by atoms with Crippen LogP contribution in [0.25, 0.3) is 0 Å². The standard InChI is InChI=1S/C39H69NO6SSi2/c1-13-14-18-23-31(45-48(9,10)37(2,3)4)27-28-33-34(46-49(11,12)38(5,6)7)30-35(40-8)39(33,29-22-16-15-21-26-36(41)42)47(43,44)32-24-19-17-20-25-32/h16-17,19-20,22,24-25,27-28,31,33-35,40H,13-15,18,21,23,26,29-30H2,1-12H3,(H,41,42)/b22-16-,28-27+/t31-,33-,34+,35-,39+/m0/s1. The molecule has 280 valence electrons. The van der Waals surface area contributed by atoms with Gasteiger partial charge in [0.25, 0.3) is 0 Å². The Bertz CT molecular complexity index is 1350. The molecule has 0 amide bonds. The number of nitrogens with one attached hydrogen (secondary N) is 1. The zero-order chi connectivity index (χ0) is 37.3. The van der Waals surface area contributed by atoms with Crippen molar-refractivity contribution in [2.75, 3.05) is 7.05 Å². The van der Waals surface area contributed by atoms with Crippen LogP contribution in [0.1, 0.15) is 106 Å². The summed E-state index contributed by atoms with van der Waals surface area (Å²) in [7, 11) is -6.51. The van der Waals surface area contributed by atoms with Crippen LogP contribution in [-0.2, 0) is 23.5 Å². The third-order valence-electron chi connectivity index (χ3n) is 11.4. The Labute approximate surface area is 301 Å². The lowest BCUT2D eigenvalue weighted by Gasteiger charge is -2.42. The van der Waals surface area contributed by atoms with Crippen molar-refractivity contribution in [3.05, 3.63) is 54.6 Å². The number of aliphatic carboxylic acids is 1. The molecule has 2 N–H and O–H groups in total. The summed E-state index contributed by atoms with van der Waals surface area (Å²) in [6.07, 6.45) is 13.9. The van der Waals surface area contributed by atoms with Crippen molar-refractivity contribution in [2.45, 2.75) is 170 Å². The minimum absolute atomic E-state index is 0.0360. The maximum atomic E-state index is 15.2. The van der Waals surface area contributed by atoms with Gasteiger partial charge in [-0.05, 0) is 87.5 Å². The molecule has 10 heteroatoms. The summed E-state index contributed by atoms with van der Waals surface area (Å²) in [5.74, 6) is -1.28. The van der Waals surface area contributed by atoms with E-state index in [0.29, 0.717) is 24.2 Å². The number of carbonyl (C=O) groups is 1. The predicted octanol–water partition coefficient (Wildman–Crippen LogP) is 9.93. The fraction of sp³-hybridized carbons (Fsp3) is 0.718. The molecule has 1 saturated carbocycles. The molecule has 0 aromatic heterocycles. The molecule has 0 saturated heterocycles. The van der Waals surface area contributed by atoms with E-state index in [4.69, 9.17) is 14.0 Å². The van der Waals surface area contributed by atoms with Crippen molar-refractivity contribution >= 4 is 32.4 Å². The molecule has 1 aliphatic rings. The molecule has 0 spiro atoms. The zero-order valence-corrected chi connectivity index (χ0v) is 35.6. The van der Waals surface area contributed by atoms with Crippen molar-refractivity contribution in [1.82, 2.24) is 5.32 Å². The van der Waals surface area contributed by atoms with E-state index < -0.39 is 43.1 Å². The van der Waals surface area contributed by atoms with E-state index in [-0.39, 0.29) is 41.2 Å². The molecular weight excluding hydrogens is 667 g/mol. The minimum Gasteiger partial charge on any atom is -0.481 e. The predicted molar refractivity (Wildman–Crippen MR) is 210 cm³/mol. The highest BCUT2D eigenvalue weighted by molar-refractivity contribution is 7.93. The summed E-state index contributed by atoms with van der Waals surface area (Å²) in [6, 6.07) is 8.45. The quantitative estimate of drug-likeness (QED) is 0.0829. The van der Waals surface area contributed by atoms with Gasteiger partial charge in [0.05, 0.1) is 17.1 Å². The lowest BCUT2D eigenvalue weighted by molar-refractivity contribution is -0.137. The number of benzene rings is 1. The normalized spacial score (nSPS) is 23.5. The summed E-state index contributed by atoms with van der Waals surface area (Å²) in [5, 5.41) is 12.6. The van der Waals surface area contributed by atoms with E-state index >= 15 is 8.42 Å². The SMILES string of the molecule is CCCCC[C@@H](/C=C/[C@H]1[C@H](O[Si](C)(C)C(C)(C)C)C[C@H](NC)[C@]1(C/C=C\CCCC(=O)O)S(=O)(=O)c1ccccc1)O[Si](C)(C)C(C)(C)C. The van der Waals surface area contributed by atoms with Gasteiger partial charge in [-0.1, -0.05) is 110 Å². The van der Waals surface area contributed by atoms with Crippen molar-refractivity contribution in [3.63, 3.8) is 0 Å².